The maximum absolute atomic E-state index is 13.3. The van der Waals surface area contributed by atoms with Gasteiger partial charge in [0.25, 0.3) is 5.91 Å². The molecule has 2 atom stereocenters. The van der Waals surface area contributed by atoms with Crippen LogP contribution in [0.3, 0.4) is 0 Å². The van der Waals surface area contributed by atoms with Crippen molar-refractivity contribution in [3.05, 3.63) is 76.1 Å². The summed E-state index contributed by atoms with van der Waals surface area (Å²) in [4.78, 5) is 54.8. The minimum absolute atomic E-state index is 0.0504. The third kappa shape index (κ3) is 6.83. The van der Waals surface area contributed by atoms with E-state index in [1.54, 1.807) is 35.7 Å². The molecule has 1 fully saturated rings. The predicted octanol–water partition coefficient (Wildman–Crippen LogP) is 3.58. The van der Waals surface area contributed by atoms with Gasteiger partial charge in [0.05, 0.1) is 36.6 Å². The number of nitrogens with zero attached hydrogens (tertiary/aromatic N) is 4. The van der Waals surface area contributed by atoms with Crippen LogP contribution in [0.2, 0.25) is 0 Å². The van der Waals surface area contributed by atoms with E-state index in [0.29, 0.717) is 54.4 Å². The van der Waals surface area contributed by atoms with Gasteiger partial charge >= 0.3 is 0 Å². The Morgan fingerprint density at radius 3 is 2.64 bits per heavy atom. The third-order valence-corrected chi connectivity index (χ3v) is 8.27. The predicted molar refractivity (Wildman–Crippen MR) is 163 cm³/mol. The van der Waals surface area contributed by atoms with Crippen molar-refractivity contribution in [1.82, 2.24) is 24.9 Å². The first-order chi connectivity index (χ1) is 21.0. The maximum atomic E-state index is 13.3. The second kappa shape index (κ2) is 13.0. The molecule has 0 aliphatic carbocycles. The zero-order chi connectivity index (χ0) is 31.5. The monoisotopic (exact) mass is 601 g/mol. The zero-order valence-corrected chi connectivity index (χ0v) is 25.9. The van der Waals surface area contributed by atoms with Crippen molar-refractivity contribution in [2.75, 3.05) is 26.7 Å². The second-order valence-electron chi connectivity index (χ2n) is 11.6. The molecule has 3 amide bonds. The molecular weight excluding hydrogens is 562 g/mol. The van der Waals surface area contributed by atoms with E-state index in [-0.39, 0.29) is 49.1 Å². The van der Waals surface area contributed by atoms with Crippen molar-refractivity contribution in [1.29, 1.82) is 0 Å². The minimum atomic E-state index is -0.472. The Balaban J connectivity index is 1.33. The summed E-state index contributed by atoms with van der Waals surface area (Å²) in [6, 6.07) is 12.3. The number of likely N-dealkylation sites (N-methyl/N-ethyl adjacent to an activating group) is 1. The third-order valence-electron chi connectivity index (χ3n) is 8.27. The van der Waals surface area contributed by atoms with Gasteiger partial charge in [-0.1, -0.05) is 18.2 Å². The highest BCUT2D eigenvalue weighted by molar-refractivity contribution is 5.97. The van der Waals surface area contributed by atoms with Crippen LogP contribution in [0.4, 0.5) is 0 Å². The van der Waals surface area contributed by atoms with Gasteiger partial charge in [-0.3, -0.25) is 23.9 Å². The van der Waals surface area contributed by atoms with Gasteiger partial charge in [-0.25, -0.2) is 0 Å². The molecule has 11 nitrogen and oxygen atoms in total. The Bertz CT molecular complexity index is 1600. The van der Waals surface area contributed by atoms with Crippen LogP contribution in [-0.2, 0) is 27.5 Å². The van der Waals surface area contributed by atoms with Crippen LogP contribution in [0, 0.1) is 20.8 Å². The van der Waals surface area contributed by atoms with Gasteiger partial charge in [-0.15, -0.1) is 0 Å². The van der Waals surface area contributed by atoms with Crippen LogP contribution < -0.4 is 10.1 Å². The van der Waals surface area contributed by atoms with E-state index >= 15 is 0 Å². The van der Waals surface area contributed by atoms with Gasteiger partial charge in [-0.2, -0.15) is 5.10 Å². The van der Waals surface area contributed by atoms with E-state index in [0.717, 1.165) is 16.8 Å². The zero-order valence-electron chi connectivity index (χ0n) is 25.9. The van der Waals surface area contributed by atoms with Crippen LogP contribution in [0.5, 0.6) is 11.5 Å². The van der Waals surface area contributed by atoms with E-state index in [1.165, 1.54) is 11.8 Å². The first-order valence-corrected chi connectivity index (χ1v) is 14.9. The molecule has 0 saturated carbocycles. The first kappa shape index (κ1) is 30.9. The van der Waals surface area contributed by atoms with Gasteiger partial charge in [0, 0.05) is 44.4 Å². The molecule has 0 unspecified atom stereocenters. The second-order valence-corrected chi connectivity index (χ2v) is 11.6. The Morgan fingerprint density at radius 1 is 1.09 bits per heavy atom. The highest BCUT2D eigenvalue weighted by atomic mass is 16.5. The summed E-state index contributed by atoms with van der Waals surface area (Å²) in [5.41, 5.74) is 4.18. The average Bonchev–Trinajstić information content (AvgIpc) is 3.28. The van der Waals surface area contributed by atoms with Gasteiger partial charge in [0.1, 0.15) is 11.5 Å². The lowest BCUT2D eigenvalue weighted by Gasteiger charge is -2.39. The molecule has 232 valence electrons. The number of amides is 3. The molecule has 5 rings (SSSR count). The summed E-state index contributed by atoms with van der Waals surface area (Å²) in [6.45, 7) is 8.28. The van der Waals surface area contributed by atoms with Crippen molar-refractivity contribution in [3.63, 3.8) is 0 Å². The van der Waals surface area contributed by atoms with E-state index in [9.17, 15) is 19.2 Å². The molecule has 0 spiro atoms. The standard InChI is InChI=1S/C33H39N5O6/c1-20-9-10-25-16-29(20)44-26-8-6-7-24(15-26)19-43-28-11-13-37(17-27(28)34-30(40)18-36(5)33(25)42)31(41)12-14-38-22(3)32(23(4)39)21(2)35-38/h6-10,15-16,27-28H,11-14,17-19H2,1-5H3,(H,34,40)/t27-,28+/m0/s1. The number of piperidine rings is 1. The lowest BCUT2D eigenvalue weighted by molar-refractivity contribution is -0.137. The van der Waals surface area contributed by atoms with Crippen LogP contribution in [0.15, 0.2) is 42.5 Å². The number of likely N-dealkylation sites (tertiary alicyclic amines) is 1. The number of nitrogens with one attached hydrogen (secondary N) is 1. The summed E-state index contributed by atoms with van der Waals surface area (Å²) >= 11 is 0. The normalized spacial score (nSPS) is 19.2. The molecule has 1 aromatic heterocycles. The number of Topliss-reactive ketones (excluding diaryl/α,β-unsaturated/α-hetero) is 1. The van der Waals surface area contributed by atoms with Crippen molar-refractivity contribution < 1.29 is 28.7 Å². The smallest absolute Gasteiger partial charge is 0.254 e. The van der Waals surface area contributed by atoms with Crippen molar-refractivity contribution in [2.24, 2.45) is 0 Å². The molecule has 2 aromatic carbocycles. The summed E-state index contributed by atoms with van der Waals surface area (Å²) in [5, 5.41) is 7.49. The van der Waals surface area contributed by atoms with Gasteiger partial charge in [-0.05, 0) is 69.5 Å². The number of benzene rings is 2. The fourth-order valence-corrected chi connectivity index (χ4v) is 5.91. The number of aryl methyl sites for hydroxylation is 3. The fraction of sp³-hybridized carbons (Fsp3) is 0.424. The highest BCUT2D eigenvalue weighted by Crippen LogP contribution is 2.28. The molecule has 11 heteroatoms. The number of rotatable bonds is 4. The molecule has 1 saturated heterocycles. The molecule has 4 bridgehead atoms. The van der Waals surface area contributed by atoms with Gasteiger partial charge < -0.3 is 24.6 Å². The molecule has 2 aliphatic heterocycles. The number of fused-ring (bicyclic) bond motifs is 5. The van der Waals surface area contributed by atoms with Crippen LogP contribution in [0.25, 0.3) is 0 Å². The summed E-state index contributed by atoms with van der Waals surface area (Å²) in [5.74, 6) is 0.414. The molecular formula is C33H39N5O6. The van der Waals surface area contributed by atoms with E-state index < -0.39 is 6.04 Å². The lowest BCUT2D eigenvalue weighted by Crippen LogP contribution is -2.58. The van der Waals surface area contributed by atoms with Crippen LogP contribution in [0.1, 0.15) is 63.0 Å². The lowest BCUT2D eigenvalue weighted by atomic mass is 10.0. The fourth-order valence-electron chi connectivity index (χ4n) is 5.91. The number of aromatic nitrogens is 2. The maximum Gasteiger partial charge on any atom is 0.254 e. The number of carbonyl (C=O) groups is 4. The largest absolute Gasteiger partial charge is 0.457 e. The van der Waals surface area contributed by atoms with Gasteiger partial charge in [0.15, 0.2) is 5.78 Å². The number of ketones is 1. The van der Waals surface area contributed by atoms with E-state index in [2.05, 4.69) is 10.4 Å². The molecule has 3 aromatic rings. The Morgan fingerprint density at radius 2 is 1.89 bits per heavy atom. The SMILES string of the molecule is CC(=O)c1c(C)nn(CCC(=O)N2CC[C@H]3OCc4cccc(c4)Oc4cc(ccc4C)C(=O)N(C)CC(=O)N[C@H]3C2)c1C. The molecule has 44 heavy (non-hydrogen) atoms. The van der Waals surface area contributed by atoms with Crippen LogP contribution >= 0.6 is 0 Å². The highest BCUT2D eigenvalue weighted by Gasteiger charge is 2.34. The van der Waals surface area contributed by atoms with Crippen LogP contribution in [-0.4, -0.2) is 81.9 Å². The van der Waals surface area contributed by atoms with Crippen molar-refractivity contribution in [2.45, 2.75) is 65.8 Å². The van der Waals surface area contributed by atoms with Crippen molar-refractivity contribution in [3.8, 4) is 11.5 Å². The molecule has 0 radical (unpaired) electrons. The Hall–Kier alpha value is -4.51. The number of hydrogen-bond acceptors (Lipinski definition) is 7. The summed E-state index contributed by atoms with van der Waals surface area (Å²) < 4.78 is 14.2. The number of hydrogen-bond donors (Lipinski definition) is 1. The van der Waals surface area contributed by atoms with E-state index in [4.69, 9.17) is 9.47 Å². The first-order valence-electron chi connectivity index (χ1n) is 14.9. The molecule has 2 aliphatic rings. The Labute approximate surface area is 257 Å². The van der Waals surface area contributed by atoms with E-state index in [1.807, 2.05) is 44.2 Å². The summed E-state index contributed by atoms with van der Waals surface area (Å²) in [6.07, 6.45) is 0.388. The minimum Gasteiger partial charge on any atom is -0.457 e. The Kier molecular flexibility index (Phi) is 9.14. The van der Waals surface area contributed by atoms with Gasteiger partial charge in [0.2, 0.25) is 11.8 Å². The number of ether oxygens (including phenoxy) is 2. The molecule has 1 N–H and O–H groups in total. The topological polar surface area (TPSA) is 123 Å². The van der Waals surface area contributed by atoms with Crippen molar-refractivity contribution >= 4 is 23.5 Å². The number of carbonyl (C=O) groups excluding carboxylic acids is 4. The molecule has 3 heterocycles. The summed E-state index contributed by atoms with van der Waals surface area (Å²) in [7, 11) is 1.58. The average molecular weight is 602 g/mol. The quantitative estimate of drug-likeness (QED) is 0.454.